The van der Waals surface area contributed by atoms with Crippen LogP contribution >= 0.6 is 0 Å². The monoisotopic (exact) mass is 415 g/mol. The SMILES string of the molecule is COc1ccc(/C(O)=C2\C(=O)C(=O)N(c3ccc(CO)cc3)C2c2ccccc2)cc1. The molecule has 0 aliphatic carbocycles. The Morgan fingerprint density at radius 1 is 0.935 bits per heavy atom. The Balaban J connectivity index is 1.88. The minimum atomic E-state index is -0.789. The van der Waals surface area contributed by atoms with Gasteiger partial charge in [0.1, 0.15) is 11.5 Å². The molecule has 6 heteroatoms. The van der Waals surface area contributed by atoms with E-state index in [0.717, 1.165) is 0 Å². The van der Waals surface area contributed by atoms with E-state index in [9.17, 15) is 19.8 Å². The van der Waals surface area contributed by atoms with Crippen LogP contribution in [0, 0.1) is 0 Å². The number of hydrogen-bond donors (Lipinski definition) is 2. The van der Waals surface area contributed by atoms with E-state index in [2.05, 4.69) is 0 Å². The van der Waals surface area contributed by atoms with Crippen LogP contribution in [0.2, 0.25) is 0 Å². The number of benzene rings is 3. The van der Waals surface area contributed by atoms with Gasteiger partial charge >= 0.3 is 0 Å². The fourth-order valence-corrected chi connectivity index (χ4v) is 3.72. The van der Waals surface area contributed by atoms with E-state index in [4.69, 9.17) is 4.74 Å². The first-order chi connectivity index (χ1) is 15.0. The number of carbonyl (C=O) groups excluding carboxylic acids is 2. The van der Waals surface area contributed by atoms with Crippen molar-refractivity contribution < 1.29 is 24.5 Å². The fourth-order valence-electron chi connectivity index (χ4n) is 3.72. The molecule has 0 bridgehead atoms. The molecule has 3 aromatic carbocycles. The van der Waals surface area contributed by atoms with Crippen LogP contribution in [0.4, 0.5) is 5.69 Å². The maximum atomic E-state index is 13.1. The number of anilines is 1. The first-order valence-electron chi connectivity index (χ1n) is 9.75. The number of aliphatic hydroxyl groups excluding tert-OH is 2. The molecule has 4 rings (SSSR count). The maximum Gasteiger partial charge on any atom is 0.300 e. The molecule has 3 aromatic rings. The molecule has 1 saturated heterocycles. The van der Waals surface area contributed by atoms with Gasteiger partial charge in [-0.05, 0) is 47.5 Å². The van der Waals surface area contributed by atoms with E-state index in [1.807, 2.05) is 30.3 Å². The Hall–Kier alpha value is -3.90. The molecule has 0 aromatic heterocycles. The first kappa shape index (κ1) is 20.4. The number of Topliss-reactive ketones (excluding diaryl/α,β-unsaturated/α-hetero) is 1. The van der Waals surface area contributed by atoms with E-state index in [1.54, 1.807) is 48.5 Å². The van der Waals surface area contributed by atoms with Gasteiger partial charge in [-0.1, -0.05) is 42.5 Å². The predicted octanol–water partition coefficient (Wildman–Crippen LogP) is 3.81. The Labute approximate surface area is 179 Å². The van der Waals surface area contributed by atoms with E-state index < -0.39 is 17.7 Å². The number of aliphatic hydroxyl groups is 2. The number of ether oxygens (including phenoxy) is 1. The summed E-state index contributed by atoms with van der Waals surface area (Å²) < 4.78 is 5.15. The summed E-state index contributed by atoms with van der Waals surface area (Å²) in [6.07, 6.45) is 0. The summed E-state index contributed by atoms with van der Waals surface area (Å²) in [4.78, 5) is 27.5. The zero-order valence-corrected chi connectivity index (χ0v) is 16.9. The third kappa shape index (κ3) is 3.69. The second-order valence-electron chi connectivity index (χ2n) is 7.13. The summed E-state index contributed by atoms with van der Waals surface area (Å²) >= 11 is 0. The third-order valence-electron chi connectivity index (χ3n) is 5.32. The molecule has 1 amide bonds. The lowest BCUT2D eigenvalue weighted by Crippen LogP contribution is -2.29. The predicted molar refractivity (Wildman–Crippen MR) is 117 cm³/mol. The van der Waals surface area contributed by atoms with Crippen molar-refractivity contribution >= 4 is 23.1 Å². The van der Waals surface area contributed by atoms with E-state index >= 15 is 0 Å². The van der Waals surface area contributed by atoms with Gasteiger partial charge in [0, 0.05) is 11.3 Å². The molecule has 1 heterocycles. The van der Waals surface area contributed by atoms with Crippen molar-refractivity contribution in [1.82, 2.24) is 0 Å². The Bertz CT molecular complexity index is 1130. The summed E-state index contributed by atoms with van der Waals surface area (Å²) in [6.45, 7) is -0.126. The quantitative estimate of drug-likeness (QED) is 0.376. The molecule has 0 saturated carbocycles. The number of hydrogen-bond acceptors (Lipinski definition) is 5. The lowest BCUT2D eigenvalue weighted by molar-refractivity contribution is -0.132. The van der Waals surface area contributed by atoms with Crippen LogP contribution < -0.4 is 9.64 Å². The zero-order chi connectivity index (χ0) is 22.0. The third-order valence-corrected chi connectivity index (χ3v) is 5.32. The first-order valence-corrected chi connectivity index (χ1v) is 9.75. The zero-order valence-electron chi connectivity index (χ0n) is 16.9. The molecule has 1 atom stereocenters. The fraction of sp³-hybridized carbons (Fsp3) is 0.120. The van der Waals surface area contributed by atoms with Gasteiger partial charge in [-0.2, -0.15) is 0 Å². The van der Waals surface area contributed by atoms with E-state index in [1.165, 1.54) is 12.0 Å². The Morgan fingerprint density at radius 2 is 1.58 bits per heavy atom. The number of rotatable bonds is 5. The van der Waals surface area contributed by atoms with Gasteiger partial charge in [-0.3, -0.25) is 14.5 Å². The van der Waals surface area contributed by atoms with Crippen LogP contribution in [0.15, 0.2) is 84.4 Å². The highest BCUT2D eigenvalue weighted by Crippen LogP contribution is 2.42. The normalized spacial score (nSPS) is 17.7. The second kappa shape index (κ2) is 8.45. The molecule has 6 nitrogen and oxygen atoms in total. The topological polar surface area (TPSA) is 87.1 Å². The molecule has 0 radical (unpaired) electrons. The molecule has 31 heavy (non-hydrogen) atoms. The largest absolute Gasteiger partial charge is 0.507 e. The van der Waals surface area contributed by atoms with Gasteiger partial charge in [0.05, 0.1) is 25.3 Å². The van der Waals surface area contributed by atoms with Crippen molar-refractivity contribution in [3.05, 3.63) is 101 Å². The van der Waals surface area contributed by atoms with Gasteiger partial charge in [0.2, 0.25) is 0 Å². The molecular formula is C25H21NO5. The molecule has 156 valence electrons. The summed E-state index contributed by atoms with van der Waals surface area (Å²) in [7, 11) is 1.54. The van der Waals surface area contributed by atoms with Crippen LogP contribution in [-0.2, 0) is 16.2 Å². The standard InChI is InChI=1S/C25H21NO5/c1-31-20-13-9-18(10-14-20)23(28)21-22(17-5-3-2-4-6-17)26(25(30)24(21)29)19-11-7-16(15-27)8-12-19/h2-14,22,27-28H,15H2,1H3/b23-21+. The van der Waals surface area contributed by atoms with E-state index in [-0.39, 0.29) is 17.9 Å². The van der Waals surface area contributed by atoms with Crippen LogP contribution in [0.5, 0.6) is 5.75 Å². The highest BCUT2D eigenvalue weighted by Gasteiger charge is 2.46. The van der Waals surface area contributed by atoms with Gasteiger partial charge in [0.15, 0.2) is 0 Å². The Kier molecular flexibility index (Phi) is 5.56. The highest BCUT2D eigenvalue weighted by molar-refractivity contribution is 6.51. The molecule has 0 spiro atoms. The van der Waals surface area contributed by atoms with Crippen LogP contribution in [0.1, 0.15) is 22.7 Å². The molecule has 1 fully saturated rings. The van der Waals surface area contributed by atoms with Gasteiger partial charge in [0.25, 0.3) is 11.7 Å². The minimum absolute atomic E-state index is 0.0209. The van der Waals surface area contributed by atoms with Crippen molar-refractivity contribution in [3.63, 3.8) is 0 Å². The molecular weight excluding hydrogens is 394 g/mol. The van der Waals surface area contributed by atoms with Crippen molar-refractivity contribution in [2.75, 3.05) is 12.0 Å². The molecule has 1 unspecified atom stereocenters. The van der Waals surface area contributed by atoms with Crippen molar-refractivity contribution in [1.29, 1.82) is 0 Å². The Morgan fingerprint density at radius 3 is 2.16 bits per heavy atom. The van der Waals surface area contributed by atoms with Crippen molar-refractivity contribution in [3.8, 4) is 5.75 Å². The number of methoxy groups -OCH3 is 1. The summed E-state index contributed by atoms with van der Waals surface area (Å²) in [5, 5.41) is 20.4. The average Bonchev–Trinajstić information content (AvgIpc) is 3.09. The number of nitrogens with zero attached hydrogens (tertiary/aromatic N) is 1. The van der Waals surface area contributed by atoms with Gasteiger partial charge in [-0.25, -0.2) is 0 Å². The van der Waals surface area contributed by atoms with Crippen molar-refractivity contribution in [2.24, 2.45) is 0 Å². The van der Waals surface area contributed by atoms with Crippen LogP contribution in [-0.4, -0.2) is 29.0 Å². The maximum absolute atomic E-state index is 13.1. The number of ketones is 1. The van der Waals surface area contributed by atoms with Crippen LogP contribution in [0.25, 0.3) is 5.76 Å². The molecule has 1 aliphatic rings. The minimum Gasteiger partial charge on any atom is -0.507 e. The van der Waals surface area contributed by atoms with Gasteiger partial charge < -0.3 is 14.9 Å². The smallest absolute Gasteiger partial charge is 0.300 e. The van der Waals surface area contributed by atoms with Crippen molar-refractivity contribution in [2.45, 2.75) is 12.6 Å². The highest BCUT2D eigenvalue weighted by atomic mass is 16.5. The summed E-state index contributed by atoms with van der Waals surface area (Å²) in [5.41, 5.74) is 2.32. The van der Waals surface area contributed by atoms with Gasteiger partial charge in [-0.15, -0.1) is 0 Å². The number of amides is 1. The summed E-state index contributed by atoms with van der Waals surface area (Å²) in [6, 6.07) is 21.7. The molecule has 1 aliphatic heterocycles. The molecule has 2 N–H and O–H groups in total. The van der Waals surface area contributed by atoms with Crippen LogP contribution in [0.3, 0.4) is 0 Å². The summed E-state index contributed by atoms with van der Waals surface area (Å²) in [5.74, 6) is -1.11. The number of carbonyl (C=O) groups is 2. The lowest BCUT2D eigenvalue weighted by Gasteiger charge is -2.25. The lowest BCUT2D eigenvalue weighted by atomic mass is 9.95. The van der Waals surface area contributed by atoms with E-state index in [0.29, 0.717) is 28.1 Å². The average molecular weight is 415 g/mol. The second-order valence-corrected chi connectivity index (χ2v) is 7.13.